The standard InChI is InChI=1S/C34H38FN5O4/c1-22-11-13-29(30(18-22)42-5)44-34(41)40(32-23(2)8-6-9-24(32)3)31-15-16-36-33(38-31)37-26-12-14-28(27(35)19-26)43-21-25-10-7-17-39(4)20-25/h6,8-9,11-16,18-19,25H,7,10,17,20-21H2,1-5H3,(H,36,37,38). The van der Waals surface area contributed by atoms with Crippen LogP contribution in [0, 0.1) is 32.5 Å². The molecule has 1 fully saturated rings. The van der Waals surface area contributed by atoms with E-state index >= 15 is 4.39 Å². The molecule has 1 unspecified atom stereocenters. The molecule has 1 N–H and O–H groups in total. The maximum absolute atomic E-state index is 15.0. The van der Waals surface area contributed by atoms with Gasteiger partial charge < -0.3 is 24.4 Å². The average Bonchev–Trinajstić information content (AvgIpc) is 2.99. The summed E-state index contributed by atoms with van der Waals surface area (Å²) in [6, 6.07) is 17.3. The Balaban J connectivity index is 1.38. The molecule has 230 valence electrons. The zero-order chi connectivity index (χ0) is 31.2. The molecule has 9 nitrogen and oxygen atoms in total. The zero-order valence-electron chi connectivity index (χ0n) is 25.8. The third-order valence-corrected chi connectivity index (χ3v) is 7.62. The molecule has 3 aromatic carbocycles. The van der Waals surface area contributed by atoms with Crippen LogP contribution in [0.5, 0.6) is 17.2 Å². The molecule has 1 saturated heterocycles. The van der Waals surface area contributed by atoms with E-state index in [4.69, 9.17) is 14.2 Å². The van der Waals surface area contributed by atoms with E-state index < -0.39 is 11.9 Å². The van der Waals surface area contributed by atoms with Crippen LogP contribution in [0.4, 0.5) is 32.3 Å². The van der Waals surface area contributed by atoms with Gasteiger partial charge in [0.2, 0.25) is 5.95 Å². The van der Waals surface area contributed by atoms with Gasteiger partial charge in [0, 0.05) is 36.5 Å². The van der Waals surface area contributed by atoms with Crippen LogP contribution in [0.3, 0.4) is 0 Å². The van der Waals surface area contributed by atoms with Gasteiger partial charge in [0.15, 0.2) is 23.1 Å². The van der Waals surface area contributed by atoms with E-state index in [-0.39, 0.29) is 23.3 Å². The lowest BCUT2D eigenvalue weighted by Gasteiger charge is -2.29. The zero-order valence-corrected chi connectivity index (χ0v) is 25.8. The predicted octanol–water partition coefficient (Wildman–Crippen LogP) is 7.35. The SMILES string of the molecule is COc1cc(C)ccc1OC(=O)N(c1ccnc(Nc2ccc(OCC3CCCN(C)C3)c(F)c2)n1)c1c(C)cccc1C. The molecule has 1 aliphatic rings. The number of aryl methyl sites for hydroxylation is 3. The quantitative estimate of drug-likeness (QED) is 0.214. The Morgan fingerprint density at radius 1 is 1.05 bits per heavy atom. The van der Waals surface area contributed by atoms with Gasteiger partial charge in [-0.2, -0.15) is 4.98 Å². The van der Waals surface area contributed by atoms with Crippen LogP contribution in [-0.2, 0) is 0 Å². The number of amides is 1. The minimum atomic E-state index is -0.675. The first-order valence-electron chi connectivity index (χ1n) is 14.7. The number of nitrogens with one attached hydrogen (secondary N) is 1. The van der Waals surface area contributed by atoms with Crippen molar-refractivity contribution in [2.24, 2.45) is 5.92 Å². The molecular formula is C34H38FN5O4. The van der Waals surface area contributed by atoms with Gasteiger partial charge in [0.05, 0.1) is 19.4 Å². The first-order chi connectivity index (χ1) is 21.2. The van der Waals surface area contributed by atoms with Gasteiger partial charge in [-0.25, -0.2) is 19.1 Å². The molecule has 1 aliphatic heterocycles. The number of likely N-dealkylation sites (tertiary alicyclic amines) is 1. The van der Waals surface area contributed by atoms with E-state index in [0.717, 1.165) is 42.6 Å². The monoisotopic (exact) mass is 599 g/mol. The molecule has 0 bridgehead atoms. The van der Waals surface area contributed by atoms with Crippen LogP contribution in [0.25, 0.3) is 0 Å². The van der Waals surface area contributed by atoms with Crippen molar-refractivity contribution in [2.75, 3.05) is 44.1 Å². The number of carbonyl (C=O) groups is 1. The van der Waals surface area contributed by atoms with Crippen LogP contribution in [0.15, 0.2) is 66.9 Å². The number of para-hydroxylation sites is 1. The van der Waals surface area contributed by atoms with Crippen molar-refractivity contribution in [2.45, 2.75) is 33.6 Å². The highest BCUT2D eigenvalue weighted by Gasteiger charge is 2.26. The summed E-state index contributed by atoms with van der Waals surface area (Å²) >= 11 is 0. The summed E-state index contributed by atoms with van der Waals surface area (Å²) in [7, 11) is 3.62. The van der Waals surface area contributed by atoms with Crippen LogP contribution in [-0.4, -0.2) is 54.8 Å². The topological polar surface area (TPSA) is 89.0 Å². The highest BCUT2D eigenvalue weighted by Crippen LogP contribution is 2.34. The molecule has 2 heterocycles. The summed E-state index contributed by atoms with van der Waals surface area (Å²) < 4.78 is 32.1. The number of aromatic nitrogens is 2. The van der Waals surface area contributed by atoms with Gasteiger partial charge in [0.25, 0.3) is 0 Å². The van der Waals surface area contributed by atoms with E-state index in [1.807, 2.05) is 45.0 Å². The molecule has 1 atom stereocenters. The highest BCUT2D eigenvalue weighted by molar-refractivity contribution is 5.98. The van der Waals surface area contributed by atoms with Crippen LogP contribution in [0.1, 0.15) is 29.5 Å². The van der Waals surface area contributed by atoms with E-state index in [1.165, 1.54) is 24.3 Å². The van der Waals surface area contributed by atoms with Crippen molar-refractivity contribution in [3.63, 3.8) is 0 Å². The lowest BCUT2D eigenvalue weighted by atomic mass is 10.00. The summed E-state index contributed by atoms with van der Waals surface area (Å²) in [5, 5.41) is 3.05. The number of hydrogen-bond donors (Lipinski definition) is 1. The Labute approximate surface area is 257 Å². The highest BCUT2D eigenvalue weighted by atomic mass is 19.1. The van der Waals surface area contributed by atoms with Crippen molar-refractivity contribution in [3.05, 3.63) is 89.4 Å². The molecule has 0 aliphatic carbocycles. The number of nitrogens with zero attached hydrogens (tertiary/aromatic N) is 4. The molecule has 1 amide bonds. The predicted molar refractivity (Wildman–Crippen MR) is 169 cm³/mol. The van der Waals surface area contributed by atoms with Crippen molar-refractivity contribution in [1.82, 2.24) is 14.9 Å². The van der Waals surface area contributed by atoms with E-state index in [1.54, 1.807) is 30.3 Å². The molecule has 0 radical (unpaired) electrons. The second kappa shape index (κ2) is 13.7. The summed E-state index contributed by atoms with van der Waals surface area (Å²) in [6.07, 6.45) is 3.05. The lowest BCUT2D eigenvalue weighted by Crippen LogP contribution is -2.34. The third-order valence-electron chi connectivity index (χ3n) is 7.62. The number of piperidine rings is 1. The number of methoxy groups -OCH3 is 1. The number of rotatable bonds is 9. The van der Waals surface area contributed by atoms with Gasteiger partial charge in [-0.1, -0.05) is 24.3 Å². The number of carbonyl (C=O) groups excluding carboxylic acids is 1. The lowest BCUT2D eigenvalue weighted by molar-refractivity contribution is 0.147. The average molecular weight is 600 g/mol. The third kappa shape index (κ3) is 7.26. The normalized spacial score (nSPS) is 15.0. The second-order valence-electron chi connectivity index (χ2n) is 11.2. The van der Waals surface area contributed by atoms with Gasteiger partial charge in [0.1, 0.15) is 5.82 Å². The number of anilines is 4. The van der Waals surface area contributed by atoms with Crippen molar-refractivity contribution < 1.29 is 23.4 Å². The van der Waals surface area contributed by atoms with E-state index in [9.17, 15) is 4.79 Å². The minimum absolute atomic E-state index is 0.178. The van der Waals surface area contributed by atoms with Gasteiger partial charge in [-0.05, 0) is 88.2 Å². The minimum Gasteiger partial charge on any atom is -0.493 e. The fraction of sp³-hybridized carbons (Fsp3) is 0.324. The number of ether oxygens (including phenoxy) is 3. The fourth-order valence-corrected chi connectivity index (χ4v) is 5.43. The van der Waals surface area contributed by atoms with Crippen molar-refractivity contribution in [1.29, 1.82) is 0 Å². The Hall–Kier alpha value is -4.70. The molecule has 5 rings (SSSR count). The number of hydrogen-bond acceptors (Lipinski definition) is 8. The fourth-order valence-electron chi connectivity index (χ4n) is 5.43. The summed E-state index contributed by atoms with van der Waals surface area (Å²) in [4.78, 5) is 26.4. The maximum atomic E-state index is 15.0. The molecule has 0 spiro atoms. The Morgan fingerprint density at radius 2 is 1.82 bits per heavy atom. The van der Waals surface area contributed by atoms with Crippen LogP contribution < -0.4 is 24.4 Å². The van der Waals surface area contributed by atoms with E-state index in [2.05, 4.69) is 27.2 Å². The van der Waals surface area contributed by atoms with Crippen LogP contribution in [0.2, 0.25) is 0 Å². The van der Waals surface area contributed by atoms with Gasteiger partial charge in [-0.15, -0.1) is 0 Å². The molecule has 0 saturated carbocycles. The first kappa shape index (κ1) is 30.7. The van der Waals surface area contributed by atoms with Gasteiger partial charge in [-0.3, -0.25) is 0 Å². The van der Waals surface area contributed by atoms with Crippen LogP contribution >= 0.6 is 0 Å². The summed E-state index contributed by atoms with van der Waals surface area (Å²) in [5.74, 6) is 1.26. The summed E-state index contributed by atoms with van der Waals surface area (Å²) in [5.41, 5.74) is 3.74. The largest absolute Gasteiger partial charge is 0.493 e. The van der Waals surface area contributed by atoms with Gasteiger partial charge >= 0.3 is 6.09 Å². The molecule has 1 aromatic heterocycles. The Kier molecular flexibility index (Phi) is 9.59. The second-order valence-corrected chi connectivity index (χ2v) is 11.2. The molecule has 10 heteroatoms. The Bertz CT molecular complexity index is 1610. The maximum Gasteiger partial charge on any atom is 0.425 e. The molecule has 4 aromatic rings. The summed E-state index contributed by atoms with van der Waals surface area (Å²) in [6.45, 7) is 8.25. The number of benzene rings is 3. The smallest absolute Gasteiger partial charge is 0.425 e. The molecular weight excluding hydrogens is 561 g/mol. The van der Waals surface area contributed by atoms with E-state index in [0.29, 0.717) is 29.6 Å². The molecule has 44 heavy (non-hydrogen) atoms. The number of halogens is 1. The van der Waals surface area contributed by atoms with Crippen molar-refractivity contribution >= 4 is 29.2 Å². The van der Waals surface area contributed by atoms with Crippen molar-refractivity contribution in [3.8, 4) is 17.2 Å². The Morgan fingerprint density at radius 3 is 2.55 bits per heavy atom. The first-order valence-corrected chi connectivity index (χ1v) is 14.7.